The molecule has 1 amide bonds. The SMILES string of the molecule is CCSC1CCC(NC(=O)c2cc3cccc(N)c3[nH]2)C1. The first-order valence-corrected chi connectivity index (χ1v) is 8.52. The normalized spacial score (nSPS) is 21.8. The Morgan fingerprint density at radius 2 is 2.33 bits per heavy atom. The van der Waals surface area contributed by atoms with Gasteiger partial charge in [0.05, 0.1) is 11.2 Å². The number of hydrogen-bond acceptors (Lipinski definition) is 3. The number of aromatic amines is 1. The molecule has 2 unspecified atom stereocenters. The molecule has 2 atom stereocenters. The van der Waals surface area contributed by atoms with E-state index in [0.29, 0.717) is 22.7 Å². The number of carbonyl (C=O) groups is 1. The van der Waals surface area contributed by atoms with Gasteiger partial charge in [-0.25, -0.2) is 0 Å². The van der Waals surface area contributed by atoms with Crippen molar-refractivity contribution in [1.82, 2.24) is 10.3 Å². The number of nitrogen functional groups attached to an aromatic ring is 1. The molecule has 1 aliphatic rings. The van der Waals surface area contributed by atoms with Gasteiger partial charge >= 0.3 is 0 Å². The monoisotopic (exact) mass is 303 g/mol. The Labute approximate surface area is 128 Å². The molecule has 1 fully saturated rings. The molecular formula is C16H21N3OS. The third kappa shape index (κ3) is 3.02. The van der Waals surface area contributed by atoms with Crippen LogP contribution < -0.4 is 11.1 Å². The molecule has 1 aliphatic carbocycles. The van der Waals surface area contributed by atoms with Gasteiger partial charge < -0.3 is 16.0 Å². The van der Waals surface area contributed by atoms with Gasteiger partial charge in [-0.2, -0.15) is 11.8 Å². The number of nitrogens with two attached hydrogens (primary N) is 1. The molecule has 1 aromatic heterocycles. The highest BCUT2D eigenvalue weighted by atomic mass is 32.2. The summed E-state index contributed by atoms with van der Waals surface area (Å²) in [6.07, 6.45) is 3.35. The number of H-pyrrole nitrogens is 1. The van der Waals surface area contributed by atoms with Crippen LogP contribution in [-0.2, 0) is 0 Å². The Hall–Kier alpha value is -1.62. The summed E-state index contributed by atoms with van der Waals surface area (Å²) in [7, 11) is 0. The van der Waals surface area contributed by atoms with E-state index in [-0.39, 0.29) is 5.91 Å². The number of nitrogens with one attached hydrogen (secondary N) is 2. The van der Waals surface area contributed by atoms with E-state index in [1.165, 1.54) is 6.42 Å². The lowest BCUT2D eigenvalue weighted by molar-refractivity contribution is 0.0934. The fraction of sp³-hybridized carbons (Fsp3) is 0.438. The van der Waals surface area contributed by atoms with Crippen LogP contribution in [0.25, 0.3) is 10.9 Å². The molecule has 1 heterocycles. The average Bonchev–Trinajstić information content (AvgIpc) is 3.07. The van der Waals surface area contributed by atoms with Crippen LogP contribution in [0.2, 0.25) is 0 Å². The van der Waals surface area contributed by atoms with Gasteiger partial charge in [-0.3, -0.25) is 4.79 Å². The Morgan fingerprint density at radius 1 is 1.48 bits per heavy atom. The number of para-hydroxylation sites is 1. The van der Waals surface area contributed by atoms with E-state index in [1.807, 2.05) is 36.0 Å². The maximum atomic E-state index is 12.4. The third-order valence-electron chi connectivity index (χ3n) is 4.06. The van der Waals surface area contributed by atoms with Gasteiger partial charge in [0.25, 0.3) is 5.91 Å². The van der Waals surface area contributed by atoms with Gasteiger partial charge in [-0.15, -0.1) is 0 Å². The summed E-state index contributed by atoms with van der Waals surface area (Å²) in [6, 6.07) is 7.86. The summed E-state index contributed by atoms with van der Waals surface area (Å²) < 4.78 is 0. The zero-order chi connectivity index (χ0) is 14.8. The molecule has 5 heteroatoms. The minimum Gasteiger partial charge on any atom is -0.397 e. The highest BCUT2D eigenvalue weighted by molar-refractivity contribution is 7.99. The van der Waals surface area contributed by atoms with Gasteiger partial charge in [0.15, 0.2) is 0 Å². The fourth-order valence-electron chi connectivity index (χ4n) is 3.02. The molecular weight excluding hydrogens is 282 g/mol. The molecule has 1 saturated carbocycles. The van der Waals surface area contributed by atoms with Crippen molar-refractivity contribution in [3.63, 3.8) is 0 Å². The lowest BCUT2D eigenvalue weighted by atomic mass is 10.2. The smallest absolute Gasteiger partial charge is 0.267 e. The summed E-state index contributed by atoms with van der Waals surface area (Å²) in [5.74, 6) is 1.12. The van der Waals surface area contributed by atoms with Crippen LogP contribution >= 0.6 is 11.8 Å². The van der Waals surface area contributed by atoms with Crippen LogP contribution in [-0.4, -0.2) is 27.9 Å². The van der Waals surface area contributed by atoms with Crippen LogP contribution in [0.3, 0.4) is 0 Å². The Morgan fingerprint density at radius 3 is 3.10 bits per heavy atom. The van der Waals surface area contributed by atoms with Gasteiger partial charge in [0.1, 0.15) is 5.69 Å². The number of amides is 1. The van der Waals surface area contributed by atoms with E-state index in [9.17, 15) is 4.79 Å². The van der Waals surface area contributed by atoms with E-state index in [0.717, 1.165) is 29.5 Å². The maximum absolute atomic E-state index is 12.4. The third-order valence-corrected chi connectivity index (χ3v) is 5.29. The second kappa shape index (κ2) is 6.02. The van der Waals surface area contributed by atoms with E-state index < -0.39 is 0 Å². The Kier molecular flexibility index (Phi) is 4.10. The molecule has 4 nitrogen and oxygen atoms in total. The summed E-state index contributed by atoms with van der Waals surface area (Å²) in [6.45, 7) is 2.19. The molecule has 21 heavy (non-hydrogen) atoms. The minimum atomic E-state index is -0.0299. The Balaban J connectivity index is 1.69. The highest BCUT2D eigenvalue weighted by Gasteiger charge is 2.26. The number of benzene rings is 1. The van der Waals surface area contributed by atoms with Crippen LogP contribution in [0.5, 0.6) is 0 Å². The van der Waals surface area contributed by atoms with Crippen LogP contribution in [0.15, 0.2) is 24.3 Å². The molecule has 2 aromatic rings. The first-order chi connectivity index (χ1) is 10.2. The van der Waals surface area contributed by atoms with Crippen LogP contribution in [0, 0.1) is 0 Å². The molecule has 3 rings (SSSR count). The van der Waals surface area contributed by atoms with Crippen molar-refractivity contribution >= 4 is 34.3 Å². The molecule has 4 N–H and O–H groups in total. The standard InChI is InChI=1S/C16H21N3OS/c1-2-21-12-7-6-11(9-12)18-16(20)14-8-10-4-3-5-13(17)15(10)19-14/h3-5,8,11-12,19H,2,6-7,9,17H2,1H3,(H,18,20). The zero-order valence-electron chi connectivity index (χ0n) is 12.2. The molecule has 0 spiro atoms. The van der Waals surface area contributed by atoms with E-state index >= 15 is 0 Å². The summed E-state index contributed by atoms with van der Waals surface area (Å²) >= 11 is 2.00. The topological polar surface area (TPSA) is 70.9 Å². The predicted octanol–water partition coefficient (Wildman–Crippen LogP) is 3.15. The molecule has 112 valence electrons. The van der Waals surface area contributed by atoms with Crippen molar-refractivity contribution < 1.29 is 4.79 Å². The van der Waals surface area contributed by atoms with Crippen molar-refractivity contribution in [3.05, 3.63) is 30.0 Å². The number of thioether (sulfide) groups is 1. The summed E-state index contributed by atoms with van der Waals surface area (Å²) in [4.78, 5) is 15.5. The minimum absolute atomic E-state index is 0.0299. The quantitative estimate of drug-likeness (QED) is 0.760. The van der Waals surface area contributed by atoms with Crippen molar-refractivity contribution in [2.45, 2.75) is 37.5 Å². The zero-order valence-corrected chi connectivity index (χ0v) is 13.0. The van der Waals surface area contributed by atoms with Gasteiger partial charge in [-0.1, -0.05) is 19.1 Å². The fourth-order valence-corrected chi connectivity index (χ4v) is 4.17. The van der Waals surface area contributed by atoms with E-state index in [4.69, 9.17) is 5.73 Å². The average molecular weight is 303 g/mol. The molecule has 0 aliphatic heterocycles. The molecule has 0 bridgehead atoms. The van der Waals surface area contributed by atoms with Gasteiger partial charge in [0.2, 0.25) is 0 Å². The number of rotatable bonds is 4. The van der Waals surface area contributed by atoms with Crippen molar-refractivity contribution in [3.8, 4) is 0 Å². The number of fused-ring (bicyclic) bond motifs is 1. The second-order valence-corrected chi connectivity index (χ2v) is 7.13. The van der Waals surface area contributed by atoms with Gasteiger partial charge in [0, 0.05) is 16.7 Å². The predicted molar refractivity (Wildman–Crippen MR) is 89.7 cm³/mol. The molecule has 1 aromatic carbocycles. The Bertz CT molecular complexity index is 652. The molecule has 0 saturated heterocycles. The second-order valence-electron chi connectivity index (χ2n) is 5.56. The van der Waals surface area contributed by atoms with Crippen molar-refractivity contribution in [2.75, 3.05) is 11.5 Å². The number of anilines is 1. The number of aromatic nitrogens is 1. The first-order valence-electron chi connectivity index (χ1n) is 7.47. The summed E-state index contributed by atoms with van der Waals surface area (Å²) in [5, 5.41) is 4.81. The first kappa shape index (κ1) is 14.3. The maximum Gasteiger partial charge on any atom is 0.267 e. The van der Waals surface area contributed by atoms with Crippen molar-refractivity contribution in [2.24, 2.45) is 0 Å². The van der Waals surface area contributed by atoms with E-state index in [2.05, 4.69) is 17.2 Å². The molecule has 0 radical (unpaired) electrons. The lowest BCUT2D eigenvalue weighted by Gasteiger charge is -2.12. The van der Waals surface area contributed by atoms with Crippen molar-refractivity contribution in [1.29, 1.82) is 0 Å². The van der Waals surface area contributed by atoms with Crippen LogP contribution in [0.1, 0.15) is 36.7 Å². The lowest BCUT2D eigenvalue weighted by Crippen LogP contribution is -2.33. The number of hydrogen-bond donors (Lipinski definition) is 3. The highest BCUT2D eigenvalue weighted by Crippen LogP contribution is 2.30. The largest absolute Gasteiger partial charge is 0.397 e. The van der Waals surface area contributed by atoms with Gasteiger partial charge in [-0.05, 0) is 37.1 Å². The number of carbonyl (C=O) groups excluding carboxylic acids is 1. The van der Waals surface area contributed by atoms with E-state index in [1.54, 1.807) is 0 Å². The summed E-state index contributed by atoms with van der Waals surface area (Å²) in [5.41, 5.74) is 8.03. The van der Waals surface area contributed by atoms with Crippen LogP contribution in [0.4, 0.5) is 5.69 Å².